The van der Waals surface area contributed by atoms with Gasteiger partial charge in [-0.3, -0.25) is 24.8 Å². The highest BCUT2D eigenvalue weighted by atomic mass is 16.5. The van der Waals surface area contributed by atoms with Crippen LogP contribution in [0.1, 0.15) is 5.56 Å². The fraction of sp³-hybridized carbons (Fsp3) is 0.278. The van der Waals surface area contributed by atoms with E-state index in [-0.39, 0.29) is 6.42 Å². The van der Waals surface area contributed by atoms with Gasteiger partial charge < -0.3 is 9.72 Å². The minimum atomic E-state index is -1.28. The van der Waals surface area contributed by atoms with Crippen LogP contribution in [-0.2, 0) is 25.5 Å². The summed E-state index contributed by atoms with van der Waals surface area (Å²) in [6.07, 6.45) is 3.10. The van der Waals surface area contributed by atoms with Crippen LogP contribution in [0.15, 0.2) is 35.5 Å². The fourth-order valence-electron chi connectivity index (χ4n) is 2.85. The van der Waals surface area contributed by atoms with Crippen molar-refractivity contribution < 1.29 is 23.9 Å². The number of amides is 4. The van der Waals surface area contributed by atoms with Gasteiger partial charge in [0.05, 0.1) is 7.11 Å². The molecule has 0 spiro atoms. The molecule has 2 N–H and O–H groups in total. The summed E-state index contributed by atoms with van der Waals surface area (Å²) in [5.41, 5.74) is 1.77. The van der Waals surface area contributed by atoms with Crippen LogP contribution in [0.25, 0.3) is 10.9 Å². The number of ether oxygens (including phenoxy) is 1. The summed E-state index contributed by atoms with van der Waals surface area (Å²) < 4.78 is 4.79. The van der Waals surface area contributed by atoms with E-state index in [0.29, 0.717) is 0 Å². The Labute approximate surface area is 154 Å². The van der Waals surface area contributed by atoms with Gasteiger partial charge in [-0.25, -0.2) is 9.59 Å². The van der Waals surface area contributed by atoms with Gasteiger partial charge in [0.25, 0.3) is 0 Å². The van der Waals surface area contributed by atoms with E-state index < -0.39 is 35.8 Å². The van der Waals surface area contributed by atoms with E-state index in [1.54, 1.807) is 6.20 Å². The largest absolute Gasteiger partial charge is 0.467 e. The summed E-state index contributed by atoms with van der Waals surface area (Å²) in [6.45, 7) is 0. The third-order valence-electron chi connectivity index (χ3n) is 4.39. The molecular formula is C18H18N4O5. The Balaban J connectivity index is 1.84. The molecule has 1 saturated heterocycles. The van der Waals surface area contributed by atoms with Crippen LogP contribution in [-0.4, -0.2) is 60.1 Å². The highest BCUT2D eigenvalue weighted by Gasteiger charge is 2.37. The number of esters is 1. The van der Waals surface area contributed by atoms with Crippen molar-refractivity contribution >= 4 is 40.9 Å². The number of hydrogen-bond acceptors (Lipinski definition) is 6. The Kier molecular flexibility index (Phi) is 5.02. The number of carbonyl (C=O) groups excluding carboxylic acids is 4. The van der Waals surface area contributed by atoms with Crippen LogP contribution in [0.5, 0.6) is 0 Å². The second-order valence-corrected chi connectivity index (χ2v) is 6.07. The van der Waals surface area contributed by atoms with Crippen LogP contribution < -0.4 is 5.32 Å². The first-order valence-corrected chi connectivity index (χ1v) is 8.21. The monoisotopic (exact) mass is 370 g/mol. The number of aromatic nitrogens is 1. The third kappa shape index (κ3) is 3.57. The number of aliphatic imine (C=N–C) groups is 1. The molecule has 27 heavy (non-hydrogen) atoms. The molecular weight excluding hydrogens is 352 g/mol. The molecule has 0 saturated carbocycles. The topological polar surface area (TPSA) is 121 Å². The number of nitrogens with zero attached hydrogens (tertiary/aromatic N) is 2. The number of benzene rings is 1. The second-order valence-electron chi connectivity index (χ2n) is 6.07. The van der Waals surface area contributed by atoms with Crippen molar-refractivity contribution in [3.8, 4) is 0 Å². The first-order chi connectivity index (χ1) is 12.9. The SMILES string of the molecule is COC(=O)C(Cc1c[nH]c2ccccc12)N=CC1C(=O)NC(=O)N(C)C1=O. The molecule has 9 heteroatoms. The third-order valence-corrected chi connectivity index (χ3v) is 4.39. The lowest BCUT2D eigenvalue weighted by molar-refractivity contribution is -0.142. The summed E-state index contributed by atoms with van der Waals surface area (Å²) >= 11 is 0. The quantitative estimate of drug-likeness (QED) is 0.455. The molecule has 0 bridgehead atoms. The number of barbiturate groups is 1. The number of aromatic amines is 1. The van der Waals surface area contributed by atoms with Crippen molar-refractivity contribution in [2.75, 3.05) is 14.2 Å². The zero-order chi connectivity index (χ0) is 19.6. The minimum Gasteiger partial charge on any atom is -0.467 e. The van der Waals surface area contributed by atoms with Gasteiger partial charge in [0.15, 0.2) is 12.0 Å². The number of methoxy groups -OCH3 is 1. The van der Waals surface area contributed by atoms with E-state index in [0.717, 1.165) is 27.6 Å². The van der Waals surface area contributed by atoms with Crippen molar-refractivity contribution in [3.63, 3.8) is 0 Å². The molecule has 1 aliphatic heterocycles. The normalized spacial score (nSPS) is 18.8. The second kappa shape index (κ2) is 7.40. The van der Waals surface area contributed by atoms with Crippen molar-refractivity contribution in [1.29, 1.82) is 0 Å². The Morgan fingerprint density at radius 2 is 2.07 bits per heavy atom. The molecule has 0 radical (unpaired) electrons. The van der Waals surface area contributed by atoms with Crippen molar-refractivity contribution in [3.05, 3.63) is 36.0 Å². The standard InChI is InChI=1S/C18H18N4O5/c1-22-16(24)12(15(23)21-18(22)26)9-20-14(17(25)27-2)7-10-8-19-13-6-4-3-5-11(10)13/h3-6,8-9,12,14,19H,7H2,1-2H3,(H,21,23,26). The molecule has 1 aromatic carbocycles. The number of fused-ring (bicyclic) bond motifs is 1. The maximum Gasteiger partial charge on any atom is 0.330 e. The van der Waals surface area contributed by atoms with Crippen LogP contribution in [0, 0.1) is 5.92 Å². The van der Waals surface area contributed by atoms with E-state index in [4.69, 9.17) is 4.74 Å². The van der Waals surface area contributed by atoms with Gasteiger partial charge in [0.2, 0.25) is 11.8 Å². The summed E-state index contributed by atoms with van der Waals surface area (Å²) in [5, 5.41) is 3.00. The molecule has 2 aromatic rings. The fourth-order valence-corrected chi connectivity index (χ4v) is 2.85. The predicted molar refractivity (Wildman–Crippen MR) is 96.1 cm³/mol. The highest BCUT2D eigenvalue weighted by molar-refractivity contribution is 6.23. The Bertz CT molecular complexity index is 948. The van der Waals surface area contributed by atoms with Gasteiger partial charge in [0, 0.05) is 36.8 Å². The molecule has 1 aromatic heterocycles. The van der Waals surface area contributed by atoms with E-state index in [2.05, 4.69) is 15.3 Å². The lowest BCUT2D eigenvalue weighted by atomic mass is 10.0. The van der Waals surface area contributed by atoms with Crippen molar-refractivity contribution in [2.24, 2.45) is 10.9 Å². The van der Waals surface area contributed by atoms with E-state index in [1.165, 1.54) is 14.2 Å². The van der Waals surface area contributed by atoms with Crippen LogP contribution in [0.4, 0.5) is 4.79 Å². The van der Waals surface area contributed by atoms with Crippen molar-refractivity contribution in [1.82, 2.24) is 15.2 Å². The van der Waals surface area contributed by atoms with E-state index in [9.17, 15) is 19.2 Å². The molecule has 3 rings (SSSR count). The number of H-pyrrole nitrogens is 1. The van der Waals surface area contributed by atoms with E-state index >= 15 is 0 Å². The summed E-state index contributed by atoms with van der Waals surface area (Å²) in [4.78, 5) is 55.6. The smallest absolute Gasteiger partial charge is 0.330 e. The van der Waals surface area contributed by atoms with Gasteiger partial charge in [-0.2, -0.15) is 0 Å². The van der Waals surface area contributed by atoms with Gasteiger partial charge in [-0.15, -0.1) is 0 Å². The highest BCUT2D eigenvalue weighted by Crippen LogP contribution is 2.20. The number of para-hydroxylation sites is 1. The number of rotatable bonds is 5. The number of hydrogen-bond donors (Lipinski definition) is 2. The first-order valence-electron chi connectivity index (χ1n) is 8.21. The maximum atomic E-state index is 12.1. The van der Waals surface area contributed by atoms with Crippen LogP contribution >= 0.6 is 0 Å². The molecule has 2 heterocycles. The summed E-state index contributed by atoms with van der Waals surface area (Å²) in [7, 11) is 2.50. The van der Waals surface area contributed by atoms with Crippen LogP contribution in [0.2, 0.25) is 0 Å². The molecule has 140 valence electrons. The number of nitrogens with one attached hydrogen (secondary N) is 2. The summed E-state index contributed by atoms with van der Waals surface area (Å²) in [5.74, 6) is -3.35. The number of urea groups is 1. The van der Waals surface area contributed by atoms with Gasteiger partial charge in [-0.1, -0.05) is 18.2 Å². The van der Waals surface area contributed by atoms with Gasteiger partial charge >= 0.3 is 12.0 Å². The Morgan fingerprint density at radius 3 is 2.81 bits per heavy atom. The van der Waals surface area contributed by atoms with E-state index in [1.807, 2.05) is 24.3 Å². The lowest BCUT2D eigenvalue weighted by Crippen LogP contribution is -2.56. The number of carbonyl (C=O) groups is 4. The zero-order valence-electron chi connectivity index (χ0n) is 14.8. The molecule has 2 unspecified atom stereocenters. The molecule has 0 aliphatic carbocycles. The maximum absolute atomic E-state index is 12.1. The lowest BCUT2D eigenvalue weighted by Gasteiger charge is -2.25. The Hall–Kier alpha value is -3.49. The molecule has 2 atom stereocenters. The molecule has 1 aliphatic rings. The first kappa shape index (κ1) is 18.3. The average Bonchev–Trinajstić information content (AvgIpc) is 3.07. The molecule has 4 amide bonds. The van der Waals surface area contributed by atoms with Crippen molar-refractivity contribution in [2.45, 2.75) is 12.5 Å². The van der Waals surface area contributed by atoms with Crippen LogP contribution in [0.3, 0.4) is 0 Å². The minimum absolute atomic E-state index is 0.227. The van der Waals surface area contributed by atoms with Gasteiger partial charge in [0.1, 0.15) is 0 Å². The predicted octanol–water partition coefficient (Wildman–Crippen LogP) is 0.647. The van der Waals surface area contributed by atoms with Gasteiger partial charge in [-0.05, 0) is 11.6 Å². The number of imide groups is 2. The zero-order valence-corrected chi connectivity index (χ0v) is 14.8. The molecule has 1 fully saturated rings. The summed E-state index contributed by atoms with van der Waals surface area (Å²) in [6, 6.07) is 5.87. The Morgan fingerprint density at radius 1 is 1.33 bits per heavy atom. The molecule has 9 nitrogen and oxygen atoms in total. The average molecular weight is 370 g/mol.